The van der Waals surface area contributed by atoms with Gasteiger partial charge in [-0.2, -0.15) is 0 Å². The Kier molecular flexibility index (Phi) is 4.81. The van der Waals surface area contributed by atoms with E-state index in [2.05, 4.69) is 4.57 Å². The summed E-state index contributed by atoms with van der Waals surface area (Å²) in [6.45, 7) is 0. The molecule has 14 aromatic rings. The standard InChI is InChI=1S/C59H36N4O/c1-8-24-49-40(16-1)41-17-2-9-25-50(41)61(49)38-35-48(60-58(36-38)63-53-28-12-5-20-44(53)45-21-6-13-29-54(45)63)59-39(37-32-33-57-47(34-37)46-22-7-14-31-56(46)64-57)23-15-30-55(59)62-51-26-10-3-18-42(51)43-19-4-11-27-52(43)62/h1-36H/i1D,2D,5D,6D,8D,9D,12D,13D,16D,17D,20D,21D,24D,25D,28D,29D. The molecule has 64 heavy (non-hydrogen) atoms. The van der Waals surface area contributed by atoms with E-state index in [4.69, 9.17) is 20.4 Å². The van der Waals surface area contributed by atoms with Crippen LogP contribution >= 0.6 is 0 Å². The van der Waals surface area contributed by atoms with Crippen molar-refractivity contribution in [1.82, 2.24) is 18.7 Å². The zero-order valence-electron chi connectivity index (χ0n) is 49.2. The Hall–Kier alpha value is -8.67. The van der Waals surface area contributed by atoms with Crippen LogP contribution in [0.5, 0.6) is 0 Å². The van der Waals surface area contributed by atoms with E-state index in [0.717, 1.165) is 32.6 Å². The third kappa shape index (κ3) is 4.98. The number of fused-ring (bicyclic) bond motifs is 12. The second-order valence-electron chi connectivity index (χ2n) is 15.5. The Labute approximate surface area is 389 Å². The molecule has 0 aliphatic rings. The van der Waals surface area contributed by atoms with E-state index in [9.17, 15) is 11.0 Å². The van der Waals surface area contributed by atoms with E-state index in [0.29, 0.717) is 33.5 Å². The number of aromatic nitrogens is 4. The molecule has 0 atom stereocenters. The van der Waals surface area contributed by atoms with Crippen molar-refractivity contribution in [2.75, 3.05) is 0 Å². The summed E-state index contributed by atoms with van der Waals surface area (Å²) in [6.07, 6.45) is 0. The summed E-state index contributed by atoms with van der Waals surface area (Å²) in [4.78, 5) is 5.44. The third-order valence-corrected chi connectivity index (χ3v) is 12.2. The molecule has 0 aliphatic heterocycles. The molecule has 0 spiro atoms. The molecular weight excluding hydrogens is 781 g/mol. The van der Waals surface area contributed by atoms with Crippen LogP contribution in [0.2, 0.25) is 0 Å². The summed E-state index contributed by atoms with van der Waals surface area (Å²) in [5.41, 5.74) is 4.38. The SMILES string of the molecule is [2H]c1c([2H])c([2H])c2c(c1[2H])c1c([2H])c([2H])c([2H])c([2H])c1n2-c1cc(-c2c(-c3ccc4oc5ccccc5c4c3)cccc2-n2c3ccccc3c3ccccc32)nc(-n2c3c([2H])c([2H])c([2H])c([2H])c3c3c([2H])c([2H])c([2H])c([2H])c32)c1. The van der Waals surface area contributed by atoms with E-state index < -0.39 is 96.7 Å². The van der Waals surface area contributed by atoms with Crippen LogP contribution in [0.1, 0.15) is 21.9 Å². The predicted octanol–water partition coefficient (Wildman–Crippen LogP) is 15.6. The number of para-hydroxylation sites is 7. The maximum absolute atomic E-state index is 9.52. The van der Waals surface area contributed by atoms with Crippen LogP contribution < -0.4 is 0 Å². The van der Waals surface area contributed by atoms with Gasteiger partial charge in [-0.1, -0.05) is 145 Å². The van der Waals surface area contributed by atoms with E-state index in [1.807, 2.05) is 109 Å². The summed E-state index contributed by atoms with van der Waals surface area (Å²) in [6, 6.07) is 28.0. The first-order valence-electron chi connectivity index (χ1n) is 28.5. The van der Waals surface area contributed by atoms with Gasteiger partial charge in [0.05, 0.1) is 72.1 Å². The maximum Gasteiger partial charge on any atom is 0.140 e. The fourth-order valence-electron chi connectivity index (χ4n) is 9.51. The zero-order chi connectivity index (χ0) is 55.8. The average molecular weight is 833 g/mol. The lowest BCUT2D eigenvalue weighted by atomic mass is 9.94. The molecule has 5 aromatic heterocycles. The number of pyridine rings is 1. The molecule has 0 aliphatic carbocycles. The maximum atomic E-state index is 9.52. The number of rotatable bonds is 5. The second-order valence-corrected chi connectivity index (χ2v) is 15.5. The topological polar surface area (TPSA) is 40.8 Å². The molecule has 0 saturated carbocycles. The van der Waals surface area contributed by atoms with Gasteiger partial charge in [0, 0.05) is 54.7 Å². The molecule has 0 amide bonds. The van der Waals surface area contributed by atoms with Gasteiger partial charge in [-0.15, -0.1) is 0 Å². The van der Waals surface area contributed by atoms with Crippen LogP contribution in [-0.2, 0) is 0 Å². The molecule has 9 aromatic carbocycles. The quantitative estimate of drug-likeness (QED) is 0.173. The molecule has 0 fully saturated rings. The summed E-state index contributed by atoms with van der Waals surface area (Å²) < 4.78 is 157. The number of benzene rings is 9. The minimum Gasteiger partial charge on any atom is -0.456 e. The number of hydrogen-bond donors (Lipinski definition) is 0. The van der Waals surface area contributed by atoms with Crippen molar-refractivity contribution in [3.63, 3.8) is 0 Å². The molecule has 5 heterocycles. The molecule has 0 radical (unpaired) electrons. The highest BCUT2D eigenvalue weighted by Crippen LogP contribution is 2.44. The first kappa shape index (κ1) is 23.0. The lowest BCUT2D eigenvalue weighted by molar-refractivity contribution is 0.669. The van der Waals surface area contributed by atoms with E-state index in [1.54, 1.807) is 6.07 Å². The van der Waals surface area contributed by atoms with E-state index in [1.165, 1.54) is 15.2 Å². The van der Waals surface area contributed by atoms with Gasteiger partial charge in [-0.3, -0.25) is 4.57 Å². The monoisotopic (exact) mass is 832 g/mol. The van der Waals surface area contributed by atoms with Crippen LogP contribution in [0.25, 0.3) is 127 Å². The summed E-state index contributed by atoms with van der Waals surface area (Å²) in [5, 5.41) is 2.65. The Balaban J connectivity index is 1.24. The summed E-state index contributed by atoms with van der Waals surface area (Å²) >= 11 is 0. The van der Waals surface area contributed by atoms with Crippen molar-refractivity contribution in [2.45, 2.75) is 0 Å². The van der Waals surface area contributed by atoms with Gasteiger partial charge in [0.1, 0.15) is 17.0 Å². The fraction of sp³-hybridized carbons (Fsp3) is 0. The van der Waals surface area contributed by atoms with Crippen molar-refractivity contribution in [3.05, 3.63) is 218 Å². The average Bonchev–Trinajstić information content (AvgIpc) is 3.65. The minimum absolute atomic E-state index is 0.00371. The normalized spacial score (nSPS) is 15.6. The smallest absolute Gasteiger partial charge is 0.140 e. The number of furan rings is 1. The lowest BCUT2D eigenvalue weighted by Gasteiger charge is -2.20. The van der Waals surface area contributed by atoms with Gasteiger partial charge in [0.2, 0.25) is 0 Å². The highest BCUT2D eigenvalue weighted by Gasteiger charge is 2.24. The van der Waals surface area contributed by atoms with Crippen molar-refractivity contribution in [1.29, 1.82) is 0 Å². The number of nitrogens with zero attached hydrogens (tertiary/aromatic N) is 4. The van der Waals surface area contributed by atoms with Gasteiger partial charge in [0.25, 0.3) is 0 Å². The molecular formula is C59H36N4O. The van der Waals surface area contributed by atoms with E-state index in [-0.39, 0.29) is 60.8 Å². The summed E-state index contributed by atoms with van der Waals surface area (Å²) in [7, 11) is 0. The molecule has 14 rings (SSSR count). The Morgan fingerprint density at radius 2 is 0.922 bits per heavy atom. The van der Waals surface area contributed by atoms with Gasteiger partial charge in [0.15, 0.2) is 0 Å². The first-order chi connectivity index (χ1) is 38.4. The van der Waals surface area contributed by atoms with Gasteiger partial charge in [-0.25, -0.2) is 4.98 Å². The van der Waals surface area contributed by atoms with Crippen molar-refractivity contribution >= 4 is 87.4 Å². The lowest BCUT2D eigenvalue weighted by Crippen LogP contribution is -2.05. The van der Waals surface area contributed by atoms with Crippen LogP contribution in [0, 0.1) is 0 Å². The Morgan fingerprint density at radius 1 is 0.391 bits per heavy atom. The molecule has 5 heteroatoms. The van der Waals surface area contributed by atoms with Gasteiger partial charge < -0.3 is 13.6 Å². The Morgan fingerprint density at radius 3 is 1.55 bits per heavy atom. The highest BCUT2D eigenvalue weighted by atomic mass is 16.3. The highest BCUT2D eigenvalue weighted by molar-refractivity contribution is 6.13. The van der Waals surface area contributed by atoms with Gasteiger partial charge >= 0.3 is 0 Å². The van der Waals surface area contributed by atoms with Crippen LogP contribution in [-0.4, -0.2) is 18.7 Å². The zero-order valence-corrected chi connectivity index (χ0v) is 33.2. The largest absolute Gasteiger partial charge is 0.456 e. The van der Waals surface area contributed by atoms with Crippen molar-refractivity contribution in [3.8, 4) is 39.6 Å². The number of hydrogen-bond acceptors (Lipinski definition) is 2. The van der Waals surface area contributed by atoms with Crippen molar-refractivity contribution < 1.29 is 26.3 Å². The molecule has 0 N–H and O–H groups in total. The molecule has 0 unspecified atom stereocenters. The summed E-state index contributed by atoms with van der Waals surface area (Å²) in [5.74, 6) is -0.191. The van der Waals surface area contributed by atoms with E-state index >= 15 is 0 Å². The first-order valence-corrected chi connectivity index (χ1v) is 20.5. The minimum atomic E-state index is -0.672. The van der Waals surface area contributed by atoms with Crippen LogP contribution in [0.15, 0.2) is 222 Å². The molecule has 0 saturated heterocycles. The fourth-order valence-corrected chi connectivity index (χ4v) is 9.51. The van der Waals surface area contributed by atoms with Crippen molar-refractivity contribution in [2.24, 2.45) is 0 Å². The molecule has 5 nitrogen and oxygen atoms in total. The van der Waals surface area contributed by atoms with Gasteiger partial charge in [-0.05, 0) is 77.8 Å². The second kappa shape index (κ2) is 13.4. The predicted molar refractivity (Wildman–Crippen MR) is 265 cm³/mol. The van der Waals surface area contributed by atoms with Crippen LogP contribution in [0.4, 0.5) is 0 Å². The third-order valence-electron chi connectivity index (χ3n) is 12.2. The molecule has 298 valence electrons. The molecule has 0 bridgehead atoms. The van der Waals surface area contributed by atoms with Crippen LogP contribution in [0.3, 0.4) is 0 Å². The Bertz CT molecular complexity index is 4780.